The predicted octanol–water partition coefficient (Wildman–Crippen LogP) is 0.771. The lowest BCUT2D eigenvalue weighted by Gasteiger charge is -2.32. The molecule has 1 aromatic rings. The Hall–Kier alpha value is -2.18. The van der Waals surface area contributed by atoms with E-state index in [-0.39, 0.29) is 5.91 Å². The molecular formula is C16H23N5O2. The van der Waals surface area contributed by atoms with Gasteiger partial charge in [0.2, 0.25) is 12.4 Å². The summed E-state index contributed by atoms with van der Waals surface area (Å²) in [6, 6.07) is 1.69. The Labute approximate surface area is 136 Å². The Kier molecular flexibility index (Phi) is 5.05. The monoisotopic (exact) mass is 317 g/mol. The van der Waals surface area contributed by atoms with Gasteiger partial charge in [-0.15, -0.1) is 0 Å². The summed E-state index contributed by atoms with van der Waals surface area (Å²) < 4.78 is 0. The standard InChI is InChI=1S/C16H23N5O2/c22-13-19-9-11-21(12-10-19)16-17-6-5-14(18-16)15(23)20-7-3-1-2-4-8-20/h5-6,13H,1-4,7-12H2. The third kappa shape index (κ3) is 3.78. The second-order valence-electron chi connectivity index (χ2n) is 6.08. The van der Waals surface area contributed by atoms with Crippen molar-refractivity contribution < 1.29 is 9.59 Å². The minimum Gasteiger partial charge on any atom is -0.342 e. The molecule has 2 fully saturated rings. The first-order valence-corrected chi connectivity index (χ1v) is 8.34. The quantitative estimate of drug-likeness (QED) is 0.770. The lowest BCUT2D eigenvalue weighted by atomic mass is 10.2. The van der Waals surface area contributed by atoms with Gasteiger partial charge in [-0.25, -0.2) is 9.97 Å². The Morgan fingerprint density at radius 2 is 1.70 bits per heavy atom. The van der Waals surface area contributed by atoms with Crippen molar-refractivity contribution in [2.45, 2.75) is 25.7 Å². The van der Waals surface area contributed by atoms with Crippen LogP contribution < -0.4 is 4.90 Å². The van der Waals surface area contributed by atoms with E-state index in [4.69, 9.17) is 0 Å². The van der Waals surface area contributed by atoms with Gasteiger partial charge in [0.05, 0.1) is 0 Å². The maximum absolute atomic E-state index is 12.6. The van der Waals surface area contributed by atoms with Crippen molar-refractivity contribution in [3.8, 4) is 0 Å². The average molecular weight is 317 g/mol. The fraction of sp³-hybridized carbons (Fsp3) is 0.625. The van der Waals surface area contributed by atoms with Crippen molar-refractivity contribution in [2.75, 3.05) is 44.2 Å². The Balaban J connectivity index is 1.69. The van der Waals surface area contributed by atoms with Gasteiger partial charge in [-0.3, -0.25) is 9.59 Å². The molecule has 7 nitrogen and oxygen atoms in total. The summed E-state index contributed by atoms with van der Waals surface area (Å²) >= 11 is 0. The van der Waals surface area contributed by atoms with Gasteiger partial charge in [0.15, 0.2) is 0 Å². The fourth-order valence-electron chi connectivity index (χ4n) is 3.08. The van der Waals surface area contributed by atoms with Crippen LogP contribution in [0.1, 0.15) is 36.2 Å². The summed E-state index contributed by atoms with van der Waals surface area (Å²) in [5.41, 5.74) is 0.467. The largest absolute Gasteiger partial charge is 0.342 e. The summed E-state index contributed by atoms with van der Waals surface area (Å²) in [6.45, 7) is 4.35. The molecule has 2 aliphatic rings. The van der Waals surface area contributed by atoms with Crippen molar-refractivity contribution in [2.24, 2.45) is 0 Å². The molecule has 0 saturated carbocycles. The van der Waals surface area contributed by atoms with Gasteiger partial charge in [0, 0.05) is 45.5 Å². The van der Waals surface area contributed by atoms with E-state index in [1.165, 1.54) is 12.8 Å². The van der Waals surface area contributed by atoms with E-state index in [0.29, 0.717) is 37.8 Å². The topological polar surface area (TPSA) is 69.6 Å². The number of hydrogen-bond acceptors (Lipinski definition) is 5. The van der Waals surface area contributed by atoms with Crippen LogP contribution in [0.25, 0.3) is 0 Å². The zero-order chi connectivity index (χ0) is 16.1. The van der Waals surface area contributed by atoms with E-state index in [9.17, 15) is 9.59 Å². The number of aromatic nitrogens is 2. The van der Waals surface area contributed by atoms with Gasteiger partial charge in [-0.2, -0.15) is 0 Å². The van der Waals surface area contributed by atoms with E-state index < -0.39 is 0 Å². The van der Waals surface area contributed by atoms with E-state index in [1.54, 1.807) is 17.2 Å². The zero-order valence-electron chi connectivity index (χ0n) is 13.4. The second kappa shape index (κ2) is 7.39. The molecule has 3 heterocycles. The Morgan fingerprint density at radius 3 is 2.35 bits per heavy atom. The first kappa shape index (κ1) is 15.7. The van der Waals surface area contributed by atoms with Crippen molar-refractivity contribution in [3.05, 3.63) is 18.0 Å². The Morgan fingerprint density at radius 1 is 1.00 bits per heavy atom. The van der Waals surface area contributed by atoms with Crippen LogP contribution in [0.5, 0.6) is 0 Å². The van der Waals surface area contributed by atoms with Crippen LogP contribution in [0.4, 0.5) is 5.95 Å². The van der Waals surface area contributed by atoms with Gasteiger partial charge >= 0.3 is 0 Å². The number of carbonyl (C=O) groups excluding carboxylic acids is 2. The molecule has 0 bridgehead atoms. The SMILES string of the molecule is O=CN1CCN(c2nccc(C(=O)N3CCCCCC3)n2)CC1. The highest BCUT2D eigenvalue weighted by Crippen LogP contribution is 2.15. The average Bonchev–Trinajstić information content (AvgIpc) is 2.91. The molecule has 1 aromatic heterocycles. The lowest BCUT2D eigenvalue weighted by Crippen LogP contribution is -2.46. The summed E-state index contributed by atoms with van der Waals surface area (Å²) in [5, 5.41) is 0. The molecule has 0 spiro atoms. The highest BCUT2D eigenvalue weighted by molar-refractivity contribution is 5.92. The normalized spacial score (nSPS) is 19.4. The number of likely N-dealkylation sites (tertiary alicyclic amines) is 1. The van der Waals surface area contributed by atoms with Gasteiger partial charge in [-0.05, 0) is 18.9 Å². The second-order valence-corrected chi connectivity index (χ2v) is 6.08. The smallest absolute Gasteiger partial charge is 0.272 e. The Bertz CT molecular complexity index is 549. The first-order valence-electron chi connectivity index (χ1n) is 8.34. The summed E-state index contributed by atoms with van der Waals surface area (Å²) in [7, 11) is 0. The number of anilines is 1. The number of nitrogens with zero attached hydrogens (tertiary/aromatic N) is 5. The van der Waals surface area contributed by atoms with Crippen LogP contribution in [0, 0.1) is 0 Å². The highest BCUT2D eigenvalue weighted by atomic mass is 16.2. The van der Waals surface area contributed by atoms with Crippen molar-refractivity contribution >= 4 is 18.3 Å². The number of carbonyl (C=O) groups is 2. The molecule has 2 amide bonds. The fourth-order valence-corrected chi connectivity index (χ4v) is 3.08. The number of piperazine rings is 1. The summed E-state index contributed by atoms with van der Waals surface area (Å²) in [5.74, 6) is 0.582. The van der Waals surface area contributed by atoms with Crippen molar-refractivity contribution in [3.63, 3.8) is 0 Å². The summed E-state index contributed by atoms with van der Waals surface area (Å²) in [6.07, 6.45) is 7.05. The van der Waals surface area contributed by atoms with Crippen LogP contribution >= 0.6 is 0 Å². The maximum atomic E-state index is 12.6. The predicted molar refractivity (Wildman–Crippen MR) is 86.3 cm³/mol. The number of amides is 2. The molecule has 7 heteroatoms. The van der Waals surface area contributed by atoms with Gasteiger partial charge in [0.1, 0.15) is 5.69 Å². The molecular weight excluding hydrogens is 294 g/mol. The molecule has 0 N–H and O–H groups in total. The highest BCUT2D eigenvalue weighted by Gasteiger charge is 2.22. The zero-order valence-corrected chi connectivity index (χ0v) is 13.4. The first-order chi connectivity index (χ1) is 11.3. The number of rotatable bonds is 3. The van der Waals surface area contributed by atoms with Crippen LogP contribution in [0.3, 0.4) is 0 Å². The molecule has 2 aliphatic heterocycles. The third-order valence-electron chi connectivity index (χ3n) is 4.50. The van der Waals surface area contributed by atoms with Crippen LogP contribution in [-0.2, 0) is 4.79 Å². The van der Waals surface area contributed by atoms with Gasteiger partial charge < -0.3 is 14.7 Å². The van der Waals surface area contributed by atoms with Crippen molar-refractivity contribution in [1.82, 2.24) is 19.8 Å². The minimum atomic E-state index is 0.00192. The molecule has 0 aliphatic carbocycles. The molecule has 2 saturated heterocycles. The molecule has 23 heavy (non-hydrogen) atoms. The molecule has 0 unspecified atom stereocenters. The van der Waals surface area contributed by atoms with E-state index in [0.717, 1.165) is 32.3 Å². The van der Waals surface area contributed by atoms with E-state index in [2.05, 4.69) is 9.97 Å². The molecule has 3 rings (SSSR count). The van der Waals surface area contributed by atoms with E-state index >= 15 is 0 Å². The van der Waals surface area contributed by atoms with Crippen molar-refractivity contribution in [1.29, 1.82) is 0 Å². The molecule has 124 valence electrons. The maximum Gasteiger partial charge on any atom is 0.272 e. The van der Waals surface area contributed by atoms with Crippen LogP contribution in [0.15, 0.2) is 12.3 Å². The third-order valence-corrected chi connectivity index (χ3v) is 4.50. The summed E-state index contributed by atoms with van der Waals surface area (Å²) in [4.78, 5) is 37.9. The molecule has 0 radical (unpaired) electrons. The number of hydrogen-bond donors (Lipinski definition) is 0. The van der Waals surface area contributed by atoms with Crippen LogP contribution in [0.2, 0.25) is 0 Å². The van der Waals surface area contributed by atoms with Gasteiger partial charge in [-0.1, -0.05) is 12.8 Å². The minimum absolute atomic E-state index is 0.00192. The molecule has 0 atom stereocenters. The van der Waals surface area contributed by atoms with Gasteiger partial charge in [0.25, 0.3) is 5.91 Å². The van der Waals surface area contributed by atoms with Crippen LogP contribution in [-0.4, -0.2) is 71.4 Å². The molecule has 0 aromatic carbocycles. The lowest BCUT2D eigenvalue weighted by molar-refractivity contribution is -0.118. The van der Waals surface area contributed by atoms with E-state index in [1.807, 2.05) is 9.80 Å².